The maximum atomic E-state index is 9.48. The number of hydrogen-bond donors (Lipinski definition) is 4. The minimum absolute atomic E-state index is 0. The lowest BCUT2D eigenvalue weighted by atomic mass is 10.1. The number of hydrogen-bond acceptors (Lipinski definition) is 6. The predicted molar refractivity (Wildman–Crippen MR) is 84.4 cm³/mol. The lowest BCUT2D eigenvalue weighted by Gasteiger charge is -1.99. The molecule has 1 heterocycles. The summed E-state index contributed by atoms with van der Waals surface area (Å²) in [5.74, 6) is -0.548. The van der Waals surface area contributed by atoms with Gasteiger partial charge in [-0.1, -0.05) is 5.16 Å². The van der Waals surface area contributed by atoms with E-state index in [1.54, 1.807) is 18.2 Å². The van der Waals surface area contributed by atoms with Crippen LogP contribution < -0.4 is 0 Å². The van der Waals surface area contributed by atoms with Gasteiger partial charge in [0.15, 0.2) is 28.8 Å². The summed E-state index contributed by atoms with van der Waals surface area (Å²) in [7, 11) is 0. The average Bonchev–Trinajstić information content (AvgIpc) is 2.94. The Balaban J connectivity index is 0.00000176. The van der Waals surface area contributed by atoms with Gasteiger partial charge in [-0.15, -0.1) is 17.0 Å². The Morgan fingerprint density at radius 3 is 1.82 bits per heavy atom. The van der Waals surface area contributed by atoms with Crippen molar-refractivity contribution >= 4 is 17.0 Å². The highest BCUT2D eigenvalue weighted by Gasteiger charge is 2.12. The lowest BCUT2D eigenvalue weighted by molar-refractivity contribution is 0.402. The molecular weight excluding hydrogens is 354 g/mol. The second-order valence-corrected chi connectivity index (χ2v) is 4.48. The number of aromatic hydroxyl groups is 4. The lowest BCUT2D eigenvalue weighted by Crippen LogP contribution is -1.77. The molecule has 4 N–H and O–H groups in total. The zero-order chi connectivity index (χ0) is 15.0. The fourth-order valence-corrected chi connectivity index (χ4v) is 1.91. The summed E-state index contributed by atoms with van der Waals surface area (Å²) in [4.78, 5) is 0. The van der Waals surface area contributed by atoms with Crippen molar-refractivity contribution in [2.24, 2.45) is 0 Å². The molecule has 3 rings (SSSR count). The molecule has 0 saturated heterocycles. The van der Waals surface area contributed by atoms with Crippen LogP contribution in [-0.2, 0) is 0 Å². The van der Waals surface area contributed by atoms with Crippen molar-refractivity contribution in [3.05, 3.63) is 42.5 Å². The van der Waals surface area contributed by atoms with Gasteiger partial charge in [0.05, 0.1) is 0 Å². The van der Waals surface area contributed by atoms with Crippen LogP contribution >= 0.6 is 17.0 Å². The molecule has 0 radical (unpaired) electrons. The molecule has 0 saturated carbocycles. The third kappa shape index (κ3) is 2.84. The second-order valence-electron chi connectivity index (χ2n) is 4.48. The van der Waals surface area contributed by atoms with E-state index in [1.165, 1.54) is 24.3 Å². The minimum Gasteiger partial charge on any atom is -0.504 e. The van der Waals surface area contributed by atoms with Gasteiger partial charge in [0.2, 0.25) is 0 Å². The van der Waals surface area contributed by atoms with Gasteiger partial charge < -0.3 is 24.9 Å². The first-order chi connectivity index (χ1) is 10.0. The van der Waals surface area contributed by atoms with Crippen LogP contribution in [0.1, 0.15) is 0 Å². The SMILES string of the molecule is Br.Oc1ccc(-c2cc(-c3ccc(O)c(O)c3)on2)cc1O. The highest BCUT2D eigenvalue weighted by Crippen LogP contribution is 2.34. The average molecular weight is 366 g/mol. The van der Waals surface area contributed by atoms with Crippen LogP contribution in [0.5, 0.6) is 23.0 Å². The van der Waals surface area contributed by atoms with Crippen molar-refractivity contribution in [1.82, 2.24) is 5.16 Å². The zero-order valence-electron chi connectivity index (χ0n) is 11.1. The van der Waals surface area contributed by atoms with Crippen LogP contribution in [0.4, 0.5) is 0 Å². The summed E-state index contributed by atoms with van der Waals surface area (Å²) < 4.78 is 5.18. The third-order valence-electron chi connectivity index (χ3n) is 3.04. The fraction of sp³-hybridized carbons (Fsp3) is 0. The predicted octanol–water partition coefficient (Wildman–Crippen LogP) is 3.41. The standard InChI is InChI=1S/C15H11NO5.BrH/c17-11-3-1-8(5-13(11)19)10-7-15(21-16-10)9-2-4-12(18)14(20)6-9;/h1-7,17-20H;1H. The maximum Gasteiger partial charge on any atom is 0.167 e. The molecule has 0 unspecified atom stereocenters. The summed E-state index contributed by atoms with van der Waals surface area (Å²) >= 11 is 0. The van der Waals surface area contributed by atoms with Gasteiger partial charge in [0, 0.05) is 17.2 Å². The number of phenols is 4. The molecule has 0 aliphatic rings. The van der Waals surface area contributed by atoms with E-state index in [-0.39, 0.29) is 40.0 Å². The Hall–Kier alpha value is -2.67. The third-order valence-corrected chi connectivity index (χ3v) is 3.04. The first kappa shape index (κ1) is 15.7. The molecule has 0 aliphatic carbocycles. The van der Waals surface area contributed by atoms with Gasteiger partial charge in [-0.25, -0.2) is 0 Å². The largest absolute Gasteiger partial charge is 0.504 e. The van der Waals surface area contributed by atoms with Crippen molar-refractivity contribution in [3.8, 4) is 45.6 Å². The van der Waals surface area contributed by atoms with Crippen LogP contribution in [0.25, 0.3) is 22.6 Å². The van der Waals surface area contributed by atoms with Crippen molar-refractivity contribution in [2.75, 3.05) is 0 Å². The molecule has 6 nitrogen and oxygen atoms in total. The molecule has 7 heteroatoms. The quantitative estimate of drug-likeness (QED) is 0.518. The van der Waals surface area contributed by atoms with Gasteiger partial charge in [0.1, 0.15) is 5.69 Å². The van der Waals surface area contributed by atoms with E-state index in [4.69, 9.17) is 4.52 Å². The molecule has 3 aromatic rings. The summed E-state index contributed by atoms with van der Waals surface area (Å²) in [5.41, 5.74) is 1.59. The molecule has 0 atom stereocenters. The van der Waals surface area contributed by atoms with Gasteiger partial charge in [-0.05, 0) is 36.4 Å². The van der Waals surface area contributed by atoms with Crippen molar-refractivity contribution < 1.29 is 24.9 Å². The van der Waals surface area contributed by atoms with Crippen LogP contribution in [0, 0.1) is 0 Å². The van der Waals surface area contributed by atoms with Crippen molar-refractivity contribution in [1.29, 1.82) is 0 Å². The minimum atomic E-state index is -0.257. The molecule has 1 aromatic heterocycles. The Morgan fingerprint density at radius 1 is 0.682 bits per heavy atom. The zero-order valence-corrected chi connectivity index (χ0v) is 12.8. The number of nitrogens with zero attached hydrogens (tertiary/aromatic N) is 1. The molecule has 0 aliphatic heterocycles. The van der Waals surface area contributed by atoms with E-state index in [0.717, 1.165) is 0 Å². The van der Waals surface area contributed by atoms with E-state index in [1.807, 2.05) is 0 Å². The summed E-state index contributed by atoms with van der Waals surface area (Å²) in [6.45, 7) is 0. The van der Waals surface area contributed by atoms with Gasteiger partial charge in [0.25, 0.3) is 0 Å². The van der Waals surface area contributed by atoms with E-state index in [9.17, 15) is 20.4 Å². The molecule has 0 bridgehead atoms. The maximum absolute atomic E-state index is 9.48. The van der Waals surface area contributed by atoms with Gasteiger partial charge in [-0.3, -0.25) is 0 Å². The Kier molecular flexibility index (Phi) is 4.27. The Labute approximate surface area is 135 Å². The topological polar surface area (TPSA) is 107 Å². The van der Waals surface area contributed by atoms with Crippen LogP contribution in [0.3, 0.4) is 0 Å². The molecule has 114 valence electrons. The molecular formula is C15H12BrNO5. The van der Waals surface area contributed by atoms with Crippen LogP contribution in [0.15, 0.2) is 47.0 Å². The first-order valence-electron chi connectivity index (χ1n) is 6.06. The van der Waals surface area contributed by atoms with Crippen LogP contribution in [0.2, 0.25) is 0 Å². The Bertz CT molecular complexity index is 749. The fourth-order valence-electron chi connectivity index (χ4n) is 1.91. The monoisotopic (exact) mass is 365 g/mol. The molecule has 2 aromatic carbocycles. The van der Waals surface area contributed by atoms with Gasteiger partial charge in [-0.2, -0.15) is 0 Å². The number of halogens is 1. The molecule has 0 fully saturated rings. The van der Waals surface area contributed by atoms with Crippen LogP contribution in [-0.4, -0.2) is 25.6 Å². The number of phenolic OH excluding ortho intramolecular Hbond substituents is 4. The number of benzene rings is 2. The summed E-state index contributed by atoms with van der Waals surface area (Å²) in [5, 5.41) is 41.4. The van der Waals surface area contributed by atoms with Gasteiger partial charge >= 0.3 is 0 Å². The highest BCUT2D eigenvalue weighted by atomic mass is 79.9. The number of aromatic nitrogens is 1. The molecule has 0 amide bonds. The summed E-state index contributed by atoms with van der Waals surface area (Å²) in [6.07, 6.45) is 0. The second kappa shape index (κ2) is 5.98. The Morgan fingerprint density at radius 2 is 1.23 bits per heavy atom. The molecule has 0 spiro atoms. The number of rotatable bonds is 2. The van der Waals surface area contributed by atoms with E-state index < -0.39 is 0 Å². The van der Waals surface area contributed by atoms with E-state index >= 15 is 0 Å². The van der Waals surface area contributed by atoms with Crippen molar-refractivity contribution in [2.45, 2.75) is 0 Å². The van der Waals surface area contributed by atoms with Crippen molar-refractivity contribution in [3.63, 3.8) is 0 Å². The first-order valence-corrected chi connectivity index (χ1v) is 6.06. The van der Waals surface area contributed by atoms with E-state index in [0.29, 0.717) is 22.6 Å². The molecule has 22 heavy (non-hydrogen) atoms. The smallest absolute Gasteiger partial charge is 0.167 e. The highest BCUT2D eigenvalue weighted by molar-refractivity contribution is 8.93. The normalized spacial score (nSPS) is 10.2. The van der Waals surface area contributed by atoms with E-state index in [2.05, 4.69) is 5.16 Å². The summed E-state index contributed by atoms with van der Waals surface area (Å²) in [6, 6.07) is 10.2.